The van der Waals surface area contributed by atoms with Crippen LogP contribution >= 0.6 is 15.9 Å². The molecule has 21 heavy (non-hydrogen) atoms. The molecule has 1 amide bonds. The van der Waals surface area contributed by atoms with Gasteiger partial charge in [-0.2, -0.15) is 0 Å². The summed E-state index contributed by atoms with van der Waals surface area (Å²) in [6, 6.07) is 3.59. The molecule has 1 aromatic rings. The molecule has 1 aromatic carbocycles. The lowest BCUT2D eigenvalue weighted by molar-refractivity contribution is -0.132. The third-order valence-corrected chi connectivity index (χ3v) is 3.37. The first kappa shape index (κ1) is 17.2. The van der Waals surface area contributed by atoms with Crippen LogP contribution in [0.5, 0.6) is 5.75 Å². The number of hydrogen-bond acceptors (Lipinski definition) is 3. The van der Waals surface area contributed by atoms with Crippen LogP contribution in [0, 0.1) is 6.92 Å². The predicted molar refractivity (Wildman–Crippen MR) is 84.4 cm³/mol. The van der Waals surface area contributed by atoms with E-state index in [0.29, 0.717) is 17.9 Å². The van der Waals surface area contributed by atoms with Gasteiger partial charge in [-0.05, 0) is 37.6 Å². The van der Waals surface area contributed by atoms with Gasteiger partial charge in [0.15, 0.2) is 6.61 Å². The van der Waals surface area contributed by atoms with Gasteiger partial charge in [-0.1, -0.05) is 15.9 Å². The van der Waals surface area contributed by atoms with Crippen molar-refractivity contribution in [3.63, 3.8) is 0 Å². The van der Waals surface area contributed by atoms with Gasteiger partial charge in [0.25, 0.3) is 5.91 Å². The Hall–Kier alpha value is -1.82. The molecule has 0 heterocycles. The van der Waals surface area contributed by atoms with Crippen molar-refractivity contribution < 1.29 is 19.4 Å². The van der Waals surface area contributed by atoms with Gasteiger partial charge in [0.2, 0.25) is 0 Å². The third kappa shape index (κ3) is 5.23. The summed E-state index contributed by atoms with van der Waals surface area (Å²) in [7, 11) is 1.70. The van der Waals surface area contributed by atoms with E-state index in [9.17, 15) is 9.59 Å². The molecule has 114 valence electrons. The fourth-order valence-electron chi connectivity index (χ4n) is 1.66. The molecule has 0 aliphatic heterocycles. The summed E-state index contributed by atoms with van der Waals surface area (Å²) in [4.78, 5) is 24.0. The number of rotatable bonds is 6. The maximum absolute atomic E-state index is 11.8. The molecule has 1 N–H and O–H groups in total. The second-order valence-corrected chi connectivity index (χ2v) is 5.42. The molecule has 0 aromatic heterocycles. The maximum Gasteiger partial charge on any atom is 0.328 e. The number of ether oxygens (including phenoxy) is 1. The molecule has 5 nitrogen and oxygen atoms in total. The first-order chi connectivity index (χ1) is 9.85. The molecular weight excluding hydrogens is 338 g/mol. The number of hydrogen-bond donors (Lipinski definition) is 1. The molecule has 0 atom stereocenters. The van der Waals surface area contributed by atoms with Crippen LogP contribution < -0.4 is 4.74 Å². The summed E-state index contributed by atoms with van der Waals surface area (Å²) in [6.07, 6.45) is 2.48. The highest BCUT2D eigenvalue weighted by atomic mass is 79.9. The van der Waals surface area contributed by atoms with E-state index in [-0.39, 0.29) is 12.5 Å². The second kappa shape index (κ2) is 7.83. The van der Waals surface area contributed by atoms with Crippen LogP contribution in [0.4, 0.5) is 0 Å². The van der Waals surface area contributed by atoms with Crippen LogP contribution in [-0.4, -0.2) is 42.1 Å². The molecule has 0 bridgehead atoms. The summed E-state index contributed by atoms with van der Waals surface area (Å²) in [6.45, 7) is 4.24. The number of aryl methyl sites for hydroxylation is 1. The number of amides is 1. The highest BCUT2D eigenvalue weighted by Gasteiger charge is 2.12. The summed E-state index contributed by atoms with van der Waals surface area (Å²) >= 11 is 3.36. The molecule has 0 spiro atoms. The Labute approximate surface area is 132 Å². The Morgan fingerprint density at radius 1 is 1.43 bits per heavy atom. The molecule has 0 saturated carbocycles. The Kier molecular flexibility index (Phi) is 6.42. The van der Waals surface area contributed by atoms with E-state index >= 15 is 0 Å². The molecule has 1 rings (SSSR count). The number of carboxylic acids is 1. The van der Waals surface area contributed by atoms with Crippen molar-refractivity contribution in [2.45, 2.75) is 13.8 Å². The maximum atomic E-state index is 11.8. The van der Waals surface area contributed by atoms with E-state index in [1.165, 1.54) is 6.08 Å². The highest BCUT2D eigenvalue weighted by Crippen LogP contribution is 2.29. The van der Waals surface area contributed by atoms with Gasteiger partial charge in [0.05, 0.1) is 0 Å². The zero-order valence-corrected chi connectivity index (χ0v) is 13.8. The lowest BCUT2D eigenvalue weighted by Gasteiger charge is -2.17. The number of likely N-dealkylation sites (N-methyl/N-ethyl adjacent to an activating group) is 1. The third-order valence-electron chi connectivity index (χ3n) is 2.91. The van der Waals surface area contributed by atoms with E-state index in [1.54, 1.807) is 18.0 Å². The van der Waals surface area contributed by atoms with Crippen molar-refractivity contribution in [3.05, 3.63) is 33.8 Å². The van der Waals surface area contributed by atoms with Crippen molar-refractivity contribution in [2.75, 3.05) is 20.2 Å². The number of halogens is 1. The van der Waals surface area contributed by atoms with Gasteiger partial charge in [-0.15, -0.1) is 0 Å². The summed E-state index contributed by atoms with van der Waals surface area (Å²) < 4.78 is 6.40. The minimum absolute atomic E-state index is 0.0826. The van der Waals surface area contributed by atoms with Crippen molar-refractivity contribution in [1.82, 2.24) is 4.90 Å². The van der Waals surface area contributed by atoms with E-state index in [1.807, 2.05) is 19.9 Å². The Morgan fingerprint density at radius 3 is 2.67 bits per heavy atom. The fraction of sp³-hybridized carbons (Fsp3) is 0.333. The Bertz CT molecular complexity index is 569. The predicted octanol–water partition coefficient (Wildman–Crippen LogP) is 2.71. The highest BCUT2D eigenvalue weighted by molar-refractivity contribution is 9.10. The number of nitrogens with zero attached hydrogens (tertiary/aromatic N) is 1. The van der Waals surface area contributed by atoms with E-state index in [4.69, 9.17) is 9.84 Å². The first-order valence-corrected chi connectivity index (χ1v) is 7.22. The monoisotopic (exact) mass is 355 g/mol. The van der Waals surface area contributed by atoms with Crippen LogP contribution in [-0.2, 0) is 9.59 Å². The van der Waals surface area contributed by atoms with Crippen LogP contribution in [0.1, 0.15) is 18.1 Å². The Balaban J connectivity index is 2.99. The summed E-state index contributed by atoms with van der Waals surface area (Å²) in [5, 5.41) is 8.73. The zero-order valence-electron chi connectivity index (χ0n) is 12.2. The van der Waals surface area contributed by atoms with Gasteiger partial charge < -0.3 is 14.7 Å². The largest absolute Gasteiger partial charge is 0.483 e. The topological polar surface area (TPSA) is 66.8 Å². The van der Waals surface area contributed by atoms with Crippen LogP contribution in [0.3, 0.4) is 0 Å². The number of carbonyl (C=O) groups is 2. The average Bonchev–Trinajstić information content (AvgIpc) is 2.42. The molecule has 0 radical (unpaired) electrons. The minimum atomic E-state index is -1.04. The second-order valence-electron chi connectivity index (χ2n) is 4.51. The van der Waals surface area contributed by atoms with E-state index in [2.05, 4.69) is 15.9 Å². The molecule has 0 aliphatic carbocycles. The summed E-state index contributed by atoms with van der Waals surface area (Å²) in [5.41, 5.74) is 1.43. The standard InChI is InChI=1S/C15H18BrNO4/c1-4-17(3)13(18)9-21-15-10(2)7-12(16)8-11(15)5-6-14(19)20/h5-8H,4,9H2,1-3H3,(H,19,20)/b6-5+. The number of aliphatic carboxylic acids is 1. The van der Waals surface area contributed by atoms with Crippen molar-refractivity contribution in [1.29, 1.82) is 0 Å². The first-order valence-electron chi connectivity index (χ1n) is 6.43. The van der Waals surface area contributed by atoms with E-state index < -0.39 is 5.97 Å². The van der Waals surface area contributed by atoms with Gasteiger partial charge in [-0.25, -0.2) is 4.79 Å². The van der Waals surface area contributed by atoms with Crippen LogP contribution in [0.2, 0.25) is 0 Å². The van der Waals surface area contributed by atoms with Gasteiger partial charge in [0, 0.05) is 29.7 Å². The molecule has 0 aliphatic rings. The molecular formula is C15H18BrNO4. The zero-order chi connectivity index (χ0) is 16.0. The SMILES string of the molecule is CCN(C)C(=O)COc1c(C)cc(Br)cc1/C=C/C(=O)O. The molecule has 0 unspecified atom stereocenters. The normalized spacial score (nSPS) is 10.7. The minimum Gasteiger partial charge on any atom is -0.483 e. The lowest BCUT2D eigenvalue weighted by Crippen LogP contribution is -2.31. The van der Waals surface area contributed by atoms with Crippen LogP contribution in [0.15, 0.2) is 22.7 Å². The van der Waals surface area contributed by atoms with Crippen molar-refractivity contribution >= 4 is 33.9 Å². The van der Waals surface area contributed by atoms with Crippen molar-refractivity contribution in [2.24, 2.45) is 0 Å². The number of benzene rings is 1. The van der Waals surface area contributed by atoms with Crippen LogP contribution in [0.25, 0.3) is 6.08 Å². The fourth-order valence-corrected chi connectivity index (χ4v) is 2.25. The molecule has 0 saturated heterocycles. The van der Waals surface area contributed by atoms with Gasteiger partial charge in [-0.3, -0.25) is 4.79 Å². The smallest absolute Gasteiger partial charge is 0.328 e. The molecule has 6 heteroatoms. The van der Waals surface area contributed by atoms with Crippen molar-refractivity contribution in [3.8, 4) is 5.75 Å². The summed E-state index contributed by atoms with van der Waals surface area (Å²) in [5.74, 6) is -0.665. The Morgan fingerprint density at radius 2 is 2.10 bits per heavy atom. The number of carbonyl (C=O) groups excluding carboxylic acids is 1. The quantitative estimate of drug-likeness (QED) is 0.796. The average molecular weight is 356 g/mol. The lowest BCUT2D eigenvalue weighted by atomic mass is 10.1. The van der Waals surface area contributed by atoms with Gasteiger partial charge >= 0.3 is 5.97 Å². The van der Waals surface area contributed by atoms with E-state index in [0.717, 1.165) is 16.1 Å². The number of carboxylic acid groups (broad SMARTS) is 1. The molecule has 0 fully saturated rings. The van der Waals surface area contributed by atoms with Gasteiger partial charge in [0.1, 0.15) is 5.75 Å².